The topological polar surface area (TPSA) is 68.8 Å². The molecule has 0 aliphatic heterocycles. The van der Waals surface area contributed by atoms with Crippen LogP contribution in [0.25, 0.3) is 0 Å². The fourth-order valence-corrected chi connectivity index (χ4v) is 2.14. The van der Waals surface area contributed by atoms with Gasteiger partial charge in [-0.05, 0) is 29.8 Å². The van der Waals surface area contributed by atoms with Gasteiger partial charge in [-0.25, -0.2) is 0 Å². The molecule has 0 aliphatic rings. The van der Waals surface area contributed by atoms with E-state index in [1.54, 1.807) is 14.2 Å². The number of methoxy groups -OCH3 is 2. The van der Waals surface area contributed by atoms with E-state index in [2.05, 4.69) is 10.6 Å². The molecule has 0 radical (unpaired) electrons. The first kappa shape index (κ1) is 18.8. The van der Waals surface area contributed by atoms with Gasteiger partial charge in [-0.2, -0.15) is 0 Å². The van der Waals surface area contributed by atoms with Crippen molar-refractivity contribution in [1.82, 2.24) is 10.6 Å². The van der Waals surface area contributed by atoms with E-state index in [4.69, 9.17) is 14.2 Å². The number of amides is 1. The highest BCUT2D eigenvalue weighted by Crippen LogP contribution is 2.30. The molecule has 0 spiro atoms. The van der Waals surface area contributed by atoms with Crippen molar-refractivity contribution in [2.45, 2.75) is 6.54 Å². The van der Waals surface area contributed by atoms with E-state index in [0.717, 1.165) is 5.56 Å². The van der Waals surface area contributed by atoms with Crippen molar-refractivity contribution in [3.05, 3.63) is 54.1 Å². The van der Waals surface area contributed by atoms with Gasteiger partial charge in [0.2, 0.25) is 5.91 Å². The third-order valence-corrected chi connectivity index (χ3v) is 3.48. The number of rotatable bonds is 10. The molecule has 0 aromatic heterocycles. The molecule has 1 amide bonds. The minimum absolute atomic E-state index is 0.0505. The molecule has 2 aromatic rings. The Labute approximate surface area is 148 Å². The number of carbonyl (C=O) groups is 1. The zero-order chi connectivity index (χ0) is 17.9. The van der Waals surface area contributed by atoms with E-state index in [-0.39, 0.29) is 12.5 Å². The highest BCUT2D eigenvalue weighted by atomic mass is 16.5. The Morgan fingerprint density at radius 3 is 2.40 bits per heavy atom. The lowest BCUT2D eigenvalue weighted by molar-refractivity contribution is -0.120. The van der Waals surface area contributed by atoms with E-state index in [1.807, 2.05) is 48.5 Å². The van der Waals surface area contributed by atoms with Gasteiger partial charge in [0, 0.05) is 20.2 Å². The lowest BCUT2D eigenvalue weighted by Gasteiger charge is -2.11. The Morgan fingerprint density at radius 1 is 1.00 bits per heavy atom. The fourth-order valence-electron chi connectivity index (χ4n) is 2.14. The molecule has 2 rings (SSSR count). The van der Waals surface area contributed by atoms with Gasteiger partial charge in [0.25, 0.3) is 0 Å². The zero-order valence-electron chi connectivity index (χ0n) is 14.6. The lowest BCUT2D eigenvalue weighted by atomic mass is 10.2. The summed E-state index contributed by atoms with van der Waals surface area (Å²) in [7, 11) is 3.24. The van der Waals surface area contributed by atoms with Gasteiger partial charge in [0.1, 0.15) is 5.75 Å². The summed E-state index contributed by atoms with van der Waals surface area (Å²) in [4.78, 5) is 11.7. The summed E-state index contributed by atoms with van der Waals surface area (Å²) in [5, 5.41) is 5.86. The monoisotopic (exact) mass is 344 g/mol. The van der Waals surface area contributed by atoms with Crippen LogP contribution in [-0.4, -0.2) is 39.8 Å². The summed E-state index contributed by atoms with van der Waals surface area (Å²) < 4.78 is 16.0. The van der Waals surface area contributed by atoms with Crippen LogP contribution in [0.4, 0.5) is 0 Å². The van der Waals surface area contributed by atoms with Crippen LogP contribution < -0.4 is 20.1 Å². The van der Waals surface area contributed by atoms with Gasteiger partial charge in [0.15, 0.2) is 11.5 Å². The molecule has 6 heteroatoms. The van der Waals surface area contributed by atoms with Gasteiger partial charge in [-0.1, -0.05) is 24.3 Å². The molecule has 0 bridgehead atoms. The van der Waals surface area contributed by atoms with Crippen LogP contribution in [0.1, 0.15) is 5.56 Å². The Balaban J connectivity index is 1.80. The van der Waals surface area contributed by atoms with E-state index in [1.165, 1.54) is 0 Å². The second-order valence-corrected chi connectivity index (χ2v) is 5.34. The number of nitrogens with one attached hydrogen (secondary N) is 2. The van der Waals surface area contributed by atoms with E-state index in [0.29, 0.717) is 36.9 Å². The Bertz CT molecular complexity index is 659. The normalized spacial score (nSPS) is 10.3. The van der Waals surface area contributed by atoms with Crippen molar-refractivity contribution in [1.29, 1.82) is 0 Å². The smallest absolute Gasteiger partial charge is 0.234 e. The quantitative estimate of drug-likeness (QED) is 0.648. The van der Waals surface area contributed by atoms with Crippen LogP contribution >= 0.6 is 0 Å². The van der Waals surface area contributed by atoms with Gasteiger partial charge in [-0.3, -0.25) is 4.79 Å². The molecule has 0 aliphatic carbocycles. The molecule has 6 nitrogen and oxygen atoms in total. The van der Waals surface area contributed by atoms with Crippen molar-refractivity contribution >= 4 is 5.91 Å². The third-order valence-electron chi connectivity index (χ3n) is 3.48. The summed E-state index contributed by atoms with van der Waals surface area (Å²) in [6.45, 7) is 1.98. The molecule has 0 fully saturated rings. The van der Waals surface area contributed by atoms with Crippen molar-refractivity contribution in [3.63, 3.8) is 0 Å². The van der Waals surface area contributed by atoms with Crippen LogP contribution in [-0.2, 0) is 16.1 Å². The lowest BCUT2D eigenvalue weighted by Crippen LogP contribution is -2.34. The van der Waals surface area contributed by atoms with Crippen LogP contribution in [0.5, 0.6) is 17.2 Å². The van der Waals surface area contributed by atoms with Gasteiger partial charge < -0.3 is 24.8 Å². The second-order valence-electron chi connectivity index (χ2n) is 5.34. The summed E-state index contributed by atoms with van der Waals surface area (Å²) in [6, 6.07) is 15.1. The van der Waals surface area contributed by atoms with Crippen molar-refractivity contribution in [2.24, 2.45) is 0 Å². The standard InChI is InChI=1S/C19H24N2O4/c1-23-12-11-20-14-19(22)21-13-15-7-9-16(10-8-15)25-18-6-4-3-5-17(18)24-2/h3-10,20H,11-14H2,1-2H3,(H,21,22). The van der Waals surface area contributed by atoms with Crippen molar-refractivity contribution in [3.8, 4) is 17.2 Å². The van der Waals surface area contributed by atoms with Crippen molar-refractivity contribution in [2.75, 3.05) is 33.9 Å². The number of para-hydroxylation sites is 2. The number of hydrogen-bond acceptors (Lipinski definition) is 5. The maximum atomic E-state index is 11.7. The summed E-state index contributed by atoms with van der Waals surface area (Å²) in [5.41, 5.74) is 0.998. The molecule has 0 unspecified atom stereocenters. The SMILES string of the molecule is COCCNCC(=O)NCc1ccc(Oc2ccccc2OC)cc1. The van der Waals surface area contributed by atoms with Gasteiger partial charge in [-0.15, -0.1) is 0 Å². The molecule has 25 heavy (non-hydrogen) atoms. The maximum Gasteiger partial charge on any atom is 0.234 e. The minimum Gasteiger partial charge on any atom is -0.493 e. The average Bonchev–Trinajstić information content (AvgIpc) is 2.65. The highest BCUT2D eigenvalue weighted by Gasteiger charge is 2.05. The van der Waals surface area contributed by atoms with E-state index in [9.17, 15) is 4.79 Å². The van der Waals surface area contributed by atoms with Gasteiger partial charge in [0.05, 0.1) is 20.3 Å². The fraction of sp³-hybridized carbons (Fsp3) is 0.316. The first-order valence-corrected chi connectivity index (χ1v) is 8.09. The van der Waals surface area contributed by atoms with Crippen LogP contribution in [0.3, 0.4) is 0 Å². The predicted molar refractivity (Wildman–Crippen MR) is 96.1 cm³/mol. The molecule has 0 saturated carbocycles. The summed E-state index contributed by atoms with van der Waals surface area (Å²) in [6.07, 6.45) is 0. The zero-order valence-corrected chi connectivity index (χ0v) is 14.6. The molecule has 0 heterocycles. The largest absolute Gasteiger partial charge is 0.493 e. The Morgan fingerprint density at radius 2 is 1.72 bits per heavy atom. The summed E-state index contributed by atoms with van der Waals surface area (Å²) in [5.74, 6) is 2.00. The first-order valence-electron chi connectivity index (χ1n) is 8.09. The Kier molecular flexibility index (Phi) is 7.75. The number of carbonyl (C=O) groups excluding carboxylic acids is 1. The molecule has 134 valence electrons. The van der Waals surface area contributed by atoms with Crippen LogP contribution in [0.15, 0.2) is 48.5 Å². The Hall–Kier alpha value is -2.57. The number of benzene rings is 2. The molecule has 0 saturated heterocycles. The average molecular weight is 344 g/mol. The van der Waals surface area contributed by atoms with Crippen molar-refractivity contribution < 1.29 is 19.0 Å². The maximum absolute atomic E-state index is 11.7. The van der Waals surface area contributed by atoms with Gasteiger partial charge >= 0.3 is 0 Å². The third kappa shape index (κ3) is 6.45. The molecular formula is C19H24N2O4. The highest BCUT2D eigenvalue weighted by molar-refractivity contribution is 5.77. The number of ether oxygens (including phenoxy) is 3. The molecule has 0 atom stereocenters. The molecular weight excluding hydrogens is 320 g/mol. The molecule has 2 N–H and O–H groups in total. The van der Waals surface area contributed by atoms with Crippen LogP contribution in [0, 0.1) is 0 Å². The second kappa shape index (κ2) is 10.3. The minimum atomic E-state index is -0.0505. The van der Waals surface area contributed by atoms with E-state index < -0.39 is 0 Å². The first-order chi connectivity index (χ1) is 12.2. The number of hydrogen-bond donors (Lipinski definition) is 2. The van der Waals surface area contributed by atoms with E-state index >= 15 is 0 Å². The molecule has 2 aromatic carbocycles. The van der Waals surface area contributed by atoms with Crippen LogP contribution in [0.2, 0.25) is 0 Å². The summed E-state index contributed by atoms with van der Waals surface area (Å²) >= 11 is 0. The predicted octanol–water partition coefficient (Wildman–Crippen LogP) is 2.34.